The molecule has 2 heterocycles. The van der Waals surface area contributed by atoms with Crippen LogP contribution in [0.5, 0.6) is 0 Å². The maximum Gasteiger partial charge on any atom is 0.435 e. The highest BCUT2D eigenvalue weighted by atomic mass is 32.1. The van der Waals surface area contributed by atoms with Gasteiger partial charge in [-0.25, -0.2) is 9.59 Å². The lowest BCUT2D eigenvalue weighted by Crippen LogP contribution is -2.22. The quantitative estimate of drug-likeness (QED) is 0.442. The number of carbonyl (C=O) groups excluding carboxylic acids is 3. The molecule has 0 saturated heterocycles. The van der Waals surface area contributed by atoms with Crippen LogP contribution >= 0.6 is 11.3 Å². The summed E-state index contributed by atoms with van der Waals surface area (Å²) in [4.78, 5) is 37.8. The number of aromatic nitrogens is 2. The van der Waals surface area contributed by atoms with Gasteiger partial charge in [0.1, 0.15) is 16.4 Å². The van der Waals surface area contributed by atoms with E-state index in [9.17, 15) is 27.6 Å². The molecule has 8 nitrogen and oxygen atoms in total. The summed E-state index contributed by atoms with van der Waals surface area (Å²) in [7, 11) is 0. The third kappa shape index (κ3) is 5.43. The van der Waals surface area contributed by atoms with Gasteiger partial charge in [0.15, 0.2) is 5.69 Å². The van der Waals surface area contributed by atoms with Crippen molar-refractivity contribution in [3.63, 3.8) is 0 Å². The number of rotatable bonds is 7. The van der Waals surface area contributed by atoms with Crippen molar-refractivity contribution in [2.75, 3.05) is 18.5 Å². The summed E-state index contributed by atoms with van der Waals surface area (Å²) in [5, 5.41) is 6.34. The summed E-state index contributed by atoms with van der Waals surface area (Å²) in [6.45, 7) is 4.53. The number of ether oxygens (including phenoxy) is 2. The Morgan fingerprint density at radius 2 is 1.71 bits per heavy atom. The molecule has 3 rings (SSSR count). The average Bonchev–Trinajstić information content (AvgIpc) is 3.14. The van der Waals surface area contributed by atoms with Crippen LogP contribution in [0.4, 0.5) is 18.2 Å². The highest BCUT2D eigenvalue weighted by Crippen LogP contribution is 2.36. The number of amides is 1. The van der Waals surface area contributed by atoms with E-state index in [-0.39, 0.29) is 40.6 Å². The number of nitrogens with zero attached hydrogens (tertiary/aromatic N) is 2. The molecule has 1 amide bonds. The van der Waals surface area contributed by atoms with Crippen molar-refractivity contribution < 1.29 is 37.0 Å². The van der Waals surface area contributed by atoms with E-state index in [1.54, 1.807) is 13.8 Å². The fourth-order valence-electron chi connectivity index (χ4n) is 3.95. The largest absolute Gasteiger partial charge is 0.462 e. The third-order valence-corrected chi connectivity index (χ3v) is 6.60. The van der Waals surface area contributed by atoms with Gasteiger partial charge >= 0.3 is 18.1 Å². The Bertz CT molecular complexity index is 1090. The first kappa shape index (κ1) is 25.7. The van der Waals surface area contributed by atoms with Crippen LogP contribution in [-0.2, 0) is 39.8 Å². The lowest BCUT2D eigenvalue weighted by molar-refractivity contribution is -0.142. The summed E-state index contributed by atoms with van der Waals surface area (Å²) >= 11 is 0.852. The van der Waals surface area contributed by atoms with Crippen LogP contribution in [0.2, 0.25) is 0 Å². The van der Waals surface area contributed by atoms with Crippen molar-refractivity contribution >= 4 is 34.2 Å². The van der Waals surface area contributed by atoms with Gasteiger partial charge in [-0.1, -0.05) is 6.42 Å². The van der Waals surface area contributed by atoms with Crippen LogP contribution in [0.3, 0.4) is 0 Å². The molecule has 2 aromatic heterocycles. The minimum absolute atomic E-state index is 0.0125. The Balaban J connectivity index is 1.92. The predicted octanol–water partition coefficient (Wildman–Crippen LogP) is 4.53. The summed E-state index contributed by atoms with van der Waals surface area (Å²) < 4.78 is 51.8. The number of nitrogens with one attached hydrogen (secondary N) is 1. The van der Waals surface area contributed by atoms with Gasteiger partial charge in [0.25, 0.3) is 0 Å². The molecule has 0 radical (unpaired) electrons. The molecule has 1 aliphatic rings. The summed E-state index contributed by atoms with van der Waals surface area (Å²) in [5.74, 6) is -2.05. The van der Waals surface area contributed by atoms with Crippen LogP contribution in [0, 0.1) is 6.92 Å². The molecule has 0 unspecified atom stereocenters. The van der Waals surface area contributed by atoms with E-state index < -0.39 is 36.3 Å². The van der Waals surface area contributed by atoms with Gasteiger partial charge in [0.2, 0.25) is 5.91 Å². The minimum atomic E-state index is -4.62. The fourth-order valence-corrected chi connectivity index (χ4v) is 5.06. The topological polar surface area (TPSA) is 99.5 Å². The van der Waals surface area contributed by atoms with Gasteiger partial charge in [-0.15, -0.1) is 11.3 Å². The molecule has 1 N–H and O–H groups in total. The first-order chi connectivity index (χ1) is 16.1. The fraction of sp³-hybridized carbons (Fsp3) is 0.545. The van der Waals surface area contributed by atoms with Crippen LogP contribution < -0.4 is 5.32 Å². The Hall–Kier alpha value is -2.89. The Morgan fingerprint density at radius 3 is 2.35 bits per heavy atom. The summed E-state index contributed by atoms with van der Waals surface area (Å²) in [5.41, 5.74) is -0.106. The van der Waals surface area contributed by atoms with Gasteiger partial charge < -0.3 is 14.8 Å². The average molecular weight is 502 g/mol. The van der Waals surface area contributed by atoms with Crippen molar-refractivity contribution in [3.05, 3.63) is 33.0 Å². The number of halogens is 3. The standard InChI is InChI=1S/C22H26F3N3O5S/c1-4-32-20(30)16-12(3)17(21(31)33-5-2)34-19(16)26-15(29)11-28-14-10-8-6-7-9-13(14)18(27-28)22(23,24)25/h4-11H2,1-3H3,(H,26,29). The van der Waals surface area contributed by atoms with Crippen molar-refractivity contribution in [2.45, 2.75) is 65.6 Å². The van der Waals surface area contributed by atoms with E-state index >= 15 is 0 Å². The summed E-state index contributed by atoms with van der Waals surface area (Å²) in [6, 6.07) is 0. The monoisotopic (exact) mass is 501 g/mol. The number of hydrogen-bond acceptors (Lipinski definition) is 7. The highest BCUT2D eigenvalue weighted by molar-refractivity contribution is 7.18. The number of carbonyl (C=O) groups is 3. The summed E-state index contributed by atoms with van der Waals surface area (Å²) in [6.07, 6.45) is -1.84. The van der Waals surface area contributed by atoms with E-state index in [4.69, 9.17) is 9.47 Å². The van der Waals surface area contributed by atoms with Crippen molar-refractivity contribution in [1.82, 2.24) is 9.78 Å². The molecule has 0 fully saturated rings. The lowest BCUT2D eigenvalue weighted by Gasteiger charge is -2.09. The SMILES string of the molecule is CCOC(=O)c1sc(NC(=O)Cn2nc(C(F)(F)F)c3c2CCCCC3)c(C(=O)OCC)c1C. The number of fused-ring (bicyclic) bond motifs is 1. The molecule has 0 saturated carbocycles. The zero-order valence-corrected chi connectivity index (χ0v) is 20.0. The second kappa shape index (κ2) is 10.6. The molecule has 0 spiro atoms. The van der Waals surface area contributed by atoms with Gasteiger partial charge in [0.05, 0.1) is 18.8 Å². The number of alkyl halides is 3. The van der Waals surface area contributed by atoms with Gasteiger partial charge in [-0.3, -0.25) is 9.48 Å². The molecule has 12 heteroatoms. The smallest absolute Gasteiger partial charge is 0.435 e. The van der Waals surface area contributed by atoms with Crippen molar-refractivity contribution in [2.24, 2.45) is 0 Å². The minimum Gasteiger partial charge on any atom is -0.462 e. The third-order valence-electron chi connectivity index (χ3n) is 5.41. The Labute approximate surface area is 198 Å². The molecule has 0 atom stereocenters. The molecule has 0 bridgehead atoms. The number of hydrogen-bond donors (Lipinski definition) is 1. The molecule has 34 heavy (non-hydrogen) atoms. The highest BCUT2D eigenvalue weighted by Gasteiger charge is 2.39. The van der Waals surface area contributed by atoms with Crippen LogP contribution in [0.25, 0.3) is 0 Å². The molecular formula is C22H26F3N3O5S. The molecule has 0 aliphatic heterocycles. The second-order valence-electron chi connectivity index (χ2n) is 7.74. The van der Waals surface area contributed by atoms with Crippen LogP contribution in [0.15, 0.2) is 0 Å². The normalized spacial score (nSPS) is 13.7. The van der Waals surface area contributed by atoms with Gasteiger partial charge in [-0.05, 0) is 52.0 Å². The van der Waals surface area contributed by atoms with Gasteiger partial charge in [0, 0.05) is 11.3 Å². The lowest BCUT2D eigenvalue weighted by atomic mass is 10.1. The number of esters is 2. The maximum absolute atomic E-state index is 13.5. The zero-order chi connectivity index (χ0) is 25.0. The van der Waals surface area contributed by atoms with Crippen LogP contribution in [0.1, 0.15) is 75.7 Å². The first-order valence-electron chi connectivity index (χ1n) is 11.0. The second-order valence-corrected chi connectivity index (χ2v) is 8.76. The van der Waals surface area contributed by atoms with Crippen molar-refractivity contribution in [3.8, 4) is 0 Å². The van der Waals surface area contributed by atoms with E-state index in [0.717, 1.165) is 22.4 Å². The van der Waals surface area contributed by atoms with Crippen molar-refractivity contribution in [1.29, 1.82) is 0 Å². The van der Waals surface area contributed by atoms with E-state index in [2.05, 4.69) is 10.4 Å². The number of thiophene rings is 1. The first-order valence-corrected chi connectivity index (χ1v) is 11.8. The predicted molar refractivity (Wildman–Crippen MR) is 118 cm³/mol. The Kier molecular flexibility index (Phi) is 8.01. The zero-order valence-electron chi connectivity index (χ0n) is 19.1. The molecular weight excluding hydrogens is 475 g/mol. The molecule has 0 aromatic carbocycles. The van der Waals surface area contributed by atoms with E-state index in [1.165, 1.54) is 6.92 Å². The van der Waals surface area contributed by atoms with Gasteiger partial charge in [-0.2, -0.15) is 18.3 Å². The molecule has 1 aliphatic carbocycles. The van der Waals surface area contributed by atoms with Crippen LogP contribution in [-0.4, -0.2) is 40.8 Å². The van der Waals surface area contributed by atoms with E-state index in [1.807, 2.05) is 0 Å². The Morgan fingerprint density at radius 1 is 1.06 bits per heavy atom. The molecule has 2 aromatic rings. The van der Waals surface area contributed by atoms with E-state index in [0.29, 0.717) is 30.5 Å². The number of anilines is 1. The maximum atomic E-state index is 13.5. The molecule has 186 valence electrons.